The number of nitrogens with one attached hydrogen (secondary N) is 1. The third kappa shape index (κ3) is 4.03. The number of hydrogen-bond acceptors (Lipinski definition) is 4. The summed E-state index contributed by atoms with van der Waals surface area (Å²) in [7, 11) is 0. The third-order valence-corrected chi connectivity index (χ3v) is 3.24. The van der Waals surface area contributed by atoms with Gasteiger partial charge in [0.15, 0.2) is 17.4 Å². The largest absolute Gasteiger partial charge is 0.503 e. The highest BCUT2D eigenvalue weighted by atomic mass is 32.2. The number of aliphatic carboxylic acids is 1. The molecule has 0 aliphatic rings. The predicted molar refractivity (Wildman–Crippen MR) is 69.9 cm³/mol. The molecule has 0 aliphatic carbocycles. The average Bonchev–Trinajstić information content (AvgIpc) is 2.44. The van der Waals surface area contributed by atoms with Crippen molar-refractivity contribution in [1.82, 2.24) is 5.32 Å². The lowest BCUT2D eigenvalue weighted by molar-refractivity contribution is -0.139. The molecule has 0 saturated heterocycles. The molecule has 0 fully saturated rings. The van der Waals surface area contributed by atoms with E-state index in [0.29, 0.717) is 5.75 Å². The molecule has 21 heavy (non-hydrogen) atoms. The Hall–Kier alpha value is -1.90. The number of aromatic hydroxyl groups is 1. The zero-order chi connectivity index (χ0) is 16.2. The Morgan fingerprint density at radius 1 is 1.33 bits per heavy atom. The minimum atomic E-state index is -1.82. The molecular formula is C12H12F3NO4S. The minimum Gasteiger partial charge on any atom is -0.503 e. The number of carbonyl (C=O) groups is 2. The molecule has 0 aliphatic heterocycles. The van der Waals surface area contributed by atoms with Crippen molar-refractivity contribution in [2.45, 2.75) is 12.5 Å². The number of thioether (sulfide) groups is 1. The van der Waals surface area contributed by atoms with E-state index >= 15 is 0 Å². The van der Waals surface area contributed by atoms with Gasteiger partial charge in [-0.05, 0) is 24.5 Å². The Morgan fingerprint density at radius 3 is 2.48 bits per heavy atom. The van der Waals surface area contributed by atoms with E-state index in [1.54, 1.807) is 6.26 Å². The second-order valence-electron chi connectivity index (χ2n) is 4.03. The first kappa shape index (κ1) is 17.2. The van der Waals surface area contributed by atoms with E-state index in [4.69, 9.17) is 10.2 Å². The fourth-order valence-corrected chi connectivity index (χ4v) is 1.96. The quantitative estimate of drug-likeness (QED) is 0.694. The van der Waals surface area contributed by atoms with Crippen LogP contribution < -0.4 is 5.32 Å². The van der Waals surface area contributed by atoms with E-state index in [9.17, 15) is 22.8 Å². The van der Waals surface area contributed by atoms with Gasteiger partial charge in [-0.3, -0.25) is 4.79 Å². The van der Waals surface area contributed by atoms with Gasteiger partial charge in [-0.2, -0.15) is 16.2 Å². The van der Waals surface area contributed by atoms with Crippen molar-refractivity contribution in [3.05, 3.63) is 29.1 Å². The molecule has 0 aromatic heterocycles. The molecule has 116 valence electrons. The van der Waals surface area contributed by atoms with Crippen LogP contribution in [0.1, 0.15) is 16.8 Å². The van der Waals surface area contributed by atoms with Crippen molar-refractivity contribution < 1.29 is 33.0 Å². The summed E-state index contributed by atoms with van der Waals surface area (Å²) in [5.41, 5.74) is -0.971. The molecule has 1 aromatic rings. The molecule has 5 nitrogen and oxygen atoms in total. The summed E-state index contributed by atoms with van der Waals surface area (Å²) in [6.45, 7) is 0. The Kier molecular flexibility index (Phi) is 5.89. The monoisotopic (exact) mass is 323 g/mol. The SMILES string of the molecule is CSCC[C@H](NC(=O)c1cc(F)c(F)c(O)c1F)C(=O)O. The summed E-state index contributed by atoms with van der Waals surface area (Å²) in [4.78, 5) is 22.7. The fourth-order valence-electron chi connectivity index (χ4n) is 1.48. The molecule has 1 aromatic carbocycles. The molecule has 1 amide bonds. The lowest BCUT2D eigenvalue weighted by Gasteiger charge is -2.14. The van der Waals surface area contributed by atoms with E-state index in [1.165, 1.54) is 11.8 Å². The molecule has 3 N–H and O–H groups in total. The first-order valence-electron chi connectivity index (χ1n) is 5.68. The molecule has 0 saturated carbocycles. The standard InChI is InChI=1S/C12H12F3NO4S/c1-21-3-2-7(12(19)20)16-11(18)5-4-6(13)9(15)10(17)8(5)14/h4,7,17H,2-3H2,1H3,(H,16,18)(H,19,20)/t7-/m0/s1. The number of halogens is 3. The number of amides is 1. The van der Waals surface area contributed by atoms with Gasteiger partial charge in [0.05, 0.1) is 5.56 Å². The van der Waals surface area contributed by atoms with Crippen LogP contribution in [0.3, 0.4) is 0 Å². The highest BCUT2D eigenvalue weighted by Crippen LogP contribution is 2.25. The maximum Gasteiger partial charge on any atom is 0.326 e. The van der Waals surface area contributed by atoms with Crippen LogP contribution in [-0.2, 0) is 4.79 Å². The van der Waals surface area contributed by atoms with E-state index in [1.807, 2.05) is 5.32 Å². The summed E-state index contributed by atoms with van der Waals surface area (Å²) < 4.78 is 39.5. The lowest BCUT2D eigenvalue weighted by atomic mass is 10.1. The first-order chi connectivity index (χ1) is 9.79. The second-order valence-corrected chi connectivity index (χ2v) is 5.01. The molecule has 9 heteroatoms. The van der Waals surface area contributed by atoms with E-state index < -0.39 is 46.7 Å². The van der Waals surface area contributed by atoms with Gasteiger partial charge in [0.1, 0.15) is 6.04 Å². The zero-order valence-corrected chi connectivity index (χ0v) is 11.6. The maximum absolute atomic E-state index is 13.5. The average molecular weight is 323 g/mol. The van der Waals surface area contributed by atoms with Crippen LogP contribution in [0, 0.1) is 17.5 Å². The lowest BCUT2D eigenvalue weighted by Crippen LogP contribution is -2.41. The second kappa shape index (κ2) is 7.21. The smallest absolute Gasteiger partial charge is 0.326 e. The molecule has 0 bridgehead atoms. The maximum atomic E-state index is 13.5. The summed E-state index contributed by atoms with van der Waals surface area (Å²) in [6.07, 6.45) is 1.80. The van der Waals surface area contributed by atoms with Gasteiger partial charge in [-0.1, -0.05) is 0 Å². The van der Waals surface area contributed by atoms with Gasteiger partial charge in [0, 0.05) is 0 Å². The van der Waals surface area contributed by atoms with Crippen LogP contribution in [0.2, 0.25) is 0 Å². The van der Waals surface area contributed by atoms with Gasteiger partial charge < -0.3 is 15.5 Å². The number of carboxylic acid groups (broad SMARTS) is 1. The van der Waals surface area contributed by atoms with Crippen molar-refractivity contribution >= 4 is 23.6 Å². The Balaban J connectivity index is 3.00. The summed E-state index contributed by atoms with van der Waals surface area (Å²) in [6, 6.07) is -1.05. The highest BCUT2D eigenvalue weighted by Gasteiger charge is 2.26. The Labute approximate surface area is 122 Å². The van der Waals surface area contributed by atoms with Crippen molar-refractivity contribution in [3.63, 3.8) is 0 Å². The van der Waals surface area contributed by atoms with Gasteiger partial charge in [0.25, 0.3) is 5.91 Å². The number of phenols is 1. The molecule has 0 spiro atoms. The zero-order valence-electron chi connectivity index (χ0n) is 10.8. The number of phenolic OH excluding ortho intramolecular Hbond substituents is 1. The summed E-state index contributed by atoms with van der Waals surface area (Å²) in [5.74, 6) is -8.89. The molecule has 0 heterocycles. The molecule has 0 radical (unpaired) electrons. The van der Waals surface area contributed by atoms with Gasteiger partial charge in [-0.25, -0.2) is 13.6 Å². The van der Waals surface area contributed by atoms with Crippen LogP contribution in [0.4, 0.5) is 13.2 Å². The van der Waals surface area contributed by atoms with Crippen LogP contribution in [-0.4, -0.2) is 40.1 Å². The third-order valence-electron chi connectivity index (χ3n) is 2.59. The van der Waals surface area contributed by atoms with Gasteiger partial charge >= 0.3 is 5.97 Å². The number of rotatable bonds is 6. The number of carboxylic acids is 1. The van der Waals surface area contributed by atoms with E-state index in [2.05, 4.69) is 0 Å². The first-order valence-corrected chi connectivity index (χ1v) is 7.08. The summed E-state index contributed by atoms with van der Waals surface area (Å²) in [5, 5.41) is 19.9. The van der Waals surface area contributed by atoms with E-state index in [-0.39, 0.29) is 12.5 Å². The fraction of sp³-hybridized carbons (Fsp3) is 0.333. The predicted octanol–water partition coefficient (Wildman–Crippen LogP) is 1.75. The van der Waals surface area contributed by atoms with Crippen molar-refractivity contribution in [1.29, 1.82) is 0 Å². The number of carbonyl (C=O) groups excluding carboxylic acids is 1. The molecule has 0 unspecified atom stereocenters. The van der Waals surface area contributed by atoms with Gasteiger partial charge in [0.2, 0.25) is 5.82 Å². The minimum absolute atomic E-state index is 0.0690. The topological polar surface area (TPSA) is 86.6 Å². The van der Waals surface area contributed by atoms with Crippen molar-refractivity contribution in [2.24, 2.45) is 0 Å². The van der Waals surface area contributed by atoms with Gasteiger partial charge in [-0.15, -0.1) is 0 Å². The Bertz CT molecular complexity index is 568. The molecule has 1 rings (SSSR count). The van der Waals surface area contributed by atoms with Crippen LogP contribution in [0.5, 0.6) is 5.75 Å². The molecular weight excluding hydrogens is 311 g/mol. The van der Waals surface area contributed by atoms with Crippen molar-refractivity contribution in [3.8, 4) is 5.75 Å². The Morgan fingerprint density at radius 2 is 1.95 bits per heavy atom. The van der Waals surface area contributed by atoms with Crippen LogP contribution >= 0.6 is 11.8 Å². The highest BCUT2D eigenvalue weighted by molar-refractivity contribution is 7.98. The normalized spacial score (nSPS) is 12.0. The summed E-state index contributed by atoms with van der Waals surface area (Å²) >= 11 is 1.34. The van der Waals surface area contributed by atoms with Crippen LogP contribution in [0.15, 0.2) is 6.07 Å². The number of hydrogen-bond donors (Lipinski definition) is 3. The van der Waals surface area contributed by atoms with Crippen LogP contribution in [0.25, 0.3) is 0 Å². The number of benzene rings is 1. The van der Waals surface area contributed by atoms with E-state index in [0.717, 1.165) is 0 Å². The van der Waals surface area contributed by atoms with Crippen molar-refractivity contribution in [2.75, 3.05) is 12.0 Å². The molecule has 1 atom stereocenters.